The molecule has 0 saturated heterocycles. The lowest BCUT2D eigenvalue weighted by atomic mass is 9.97. The molecule has 0 radical (unpaired) electrons. The topological polar surface area (TPSA) is 33.1 Å². The van der Waals surface area contributed by atoms with Crippen molar-refractivity contribution >= 4 is 11.3 Å². The Morgan fingerprint density at radius 3 is 2.50 bits per heavy atom. The Morgan fingerprint density at radius 1 is 1.28 bits per heavy atom. The fourth-order valence-corrected chi connectivity index (χ4v) is 5.83. The van der Waals surface area contributed by atoms with Gasteiger partial charge in [0.25, 0.3) is 0 Å². The van der Waals surface area contributed by atoms with Crippen LogP contribution in [0.3, 0.4) is 0 Å². The quantitative estimate of drug-likeness (QED) is 0.909. The summed E-state index contributed by atoms with van der Waals surface area (Å²) in [6.45, 7) is 4.18. The zero-order valence-electron chi connectivity index (χ0n) is 11.1. The second-order valence-corrected chi connectivity index (χ2v) is 7.87. The largest absolute Gasteiger partial charge is 0.392 e. The highest BCUT2D eigenvalue weighted by Gasteiger charge is 2.66. The van der Waals surface area contributed by atoms with Gasteiger partial charge in [-0.2, -0.15) is 0 Å². The molecular formula is C15H21NOS. The number of nitrogens with zero attached hydrogens (tertiary/aromatic N) is 1. The molecule has 3 aliphatic rings. The molecule has 1 N–H and O–H groups in total. The van der Waals surface area contributed by atoms with E-state index in [0.29, 0.717) is 5.92 Å². The predicted molar refractivity (Wildman–Crippen MR) is 72.6 cm³/mol. The zero-order valence-corrected chi connectivity index (χ0v) is 11.9. The Morgan fingerprint density at radius 2 is 1.94 bits per heavy atom. The van der Waals surface area contributed by atoms with Crippen LogP contribution in [0.25, 0.3) is 0 Å². The molecule has 5 atom stereocenters. The lowest BCUT2D eigenvalue weighted by molar-refractivity contribution is 0.128. The Balaban J connectivity index is 1.45. The summed E-state index contributed by atoms with van der Waals surface area (Å²) < 4.78 is 0. The Labute approximate surface area is 112 Å². The molecule has 3 heteroatoms. The maximum absolute atomic E-state index is 10.5. The van der Waals surface area contributed by atoms with E-state index in [1.165, 1.54) is 24.1 Å². The highest BCUT2D eigenvalue weighted by atomic mass is 32.1. The summed E-state index contributed by atoms with van der Waals surface area (Å²) in [6, 6.07) is 0. The van der Waals surface area contributed by atoms with Gasteiger partial charge in [-0.25, -0.2) is 4.98 Å². The smallest absolute Gasteiger partial charge is 0.0956 e. The van der Waals surface area contributed by atoms with Gasteiger partial charge in [0.1, 0.15) is 0 Å². The highest BCUT2D eigenvalue weighted by Crippen LogP contribution is 2.70. The van der Waals surface area contributed by atoms with Crippen molar-refractivity contribution in [2.24, 2.45) is 29.6 Å². The van der Waals surface area contributed by atoms with Crippen molar-refractivity contribution in [1.82, 2.24) is 4.98 Å². The maximum atomic E-state index is 10.5. The van der Waals surface area contributed by atoms with Crippen molar-refractivity contribution in [3.05, 3.63) is 15.6 Å². The van der Waals surface area contributed by atoms with E-state index in [-0.39, 0.29) is 6.10 Å². The molecule has 1 heterocycles. The minimum atomic E-state index is -0.131. The summed E-state index contributed by atoms with van der Waals surface area (Å²) in [5, 5.41) is 11.6. The molecule has 4 rings (SSSR count). The number of hydrogen-bond acceptors (Lipinski definition) is 3. The second-order valence-electron chi connectivity index (χ2n) is 6.59. The molecule has 1 aromatic rings. The van der Waals surface area contributed by atoms with Crippen molar-refractivity contribution < 1.29 is 5.11 Å². The summed E-state index contributed by atoms with van der Waals surface area (Å²) in [5.74, 6) is 4.28. The monoisotopic (exact) mass is 263 g/mol. The fraction of sp³-hybridized carbons (Fsp3) is 0.800. The van der Waals surface area contributed by atoms with E-state index in [9.17, 15) is 5.11 Å². The number of aryl methyl sites for hydroxylation is 2. The van der Waals surface area contributed by atoms with Gasteiger partial charge >= 0.3 is 0 Å². The van der Waals surface area contributed by atoms with Gasteiger partial charge in [-0.15, -0.1) is 11.3 Å². The average Bonchev–Trinajstić information content (AvgIpc) is 2.61. The molecule has 5 unspecified atom stereocenters. The van der Waals surface area contributed by atoms with Gasteiger partial charge in [0.05, 0.1) is 16.8 Å². The maximum Gasteiger partial charge on any atom is 0.0956 e. The Hall–Kier alpha value is -0.410. The summed E-state index contributed by atoms with van der Waals surface area (Å²) in [7, 11) is 0. The zero-order chi connectivity index (χ0) is 12.4. The molecule has 3 saturated carbocycles. The van der Waals surface area contributed by atoms with E-state index in [4.69, 9.17) is 0 Å². The van der Waals surface area contributed by atoms with Crippen molar-refractivity contribution in [3.63, 3.8) is 0 Å². The van der Waals surface area contributed by atoms with E-state index in [1.807, 2.05) is 0 Å². The first-order chi connectivity index (χ1) is 8.65. The minimum absolute atomic E-state index is 0.131. The lowest BCUT2D eigenvalue weighted by Crippen LogP contribution is -2.18. The van der Waals surface area contributed by atoms with E-state index in [2.05, 4.69) is 18.8 Å². The van der Waals surface area contributed by atoms with Gasteiger partial charge in [-0.3, -0.25) is 0 Å². The molecule has 98 valence electrons. The molecule has 2 nitrogen and oxygen atoms in total. The van der Waals surface area contributed by atoms with Crippen LogP contribution in [0.1, 0.15) is 34.8 Å². The Kier molecular flexibility index (Phi) is 2.41. The van der Waals surface area contributed by atoms with Crippen LogP contribution in [-0.4, -0.2) is 16.2 Å². The number of aliphatic hydroxyl groups excluding tert-OH is 1. The predicted octanol–water partition coefficient (Wildman–Crippen LogP) is 2.96. The average molecular weight is 263 g/mol. The van der Waals surface area contributed by atoms with E-state index in [0.717, 1.165) is 40.8 Å². The van der Waals surface area contributed by atoms with Crippen LogP contribution in [0.4, 0.5) is 0 Å². The summed E-state index contributed by atoms with van der Waals surface area (Å²) in [6.07, 6.45) is 4.99. The first kappa shape index (κ1) is 11.4. The van der Waals surface area contributed by atoms with Gasteiger partial charge in [0.2, 0.25) is 0 Å². The van der Waals surface area contributed by atoms with E-state index in [1.54, 1.807) is 11.3 Å². The van der Waals surface area contributed by atoms with Gasteiger partial charge in [0.15, 0.2) is 0 Å². The molecule has 0 aliphatic heterocycles. The van der Waals surface area contributed by atoms with Crippen molar-refractivity contribution in [2.75, 3.05) is 0 Å². The van der Waals surface area contributed by atoms with Gasteiger partial charge in [-0.1, -0.05) is 0 Å². The standard InChI is InChI=1S/C15H21NOS/c1-7-8(2)18-12(16-7)6-11(17)15-13-9-3-4-10(5-9)14(13)15/h9-11,13-15,17H,3-6H2,1-2H3. The van der Waals surface area contributed by atoms with Crippen LogP contribution in [0.5, 0.6) is 0 Å². The van der Waals surface area contributed by atoms with Crippen molar-refractivity contribution in [2.45, 2.75) is 45.6 Å². The van der Waals surface area contributed by atoms with E-state index >= 15 is 0 Å². The van der Waals surface area contributed by atoms with Crippen molar-refractivity contribution in [1.29, 1.82) is 0 Å². The van der Waals surface area contributed by atoms with Crippen LogP contribution in [-0.2, 0) is 6.42 Å². The lowest BCUT2D eigenvalue weighted by Gasteiger charge is -2.13. The third-order valence-corrected chi connectivity index (χ3v) is 6.79. The van der Waals surface area contributed by atoms with Crippen LogP contribution >= 0.6 is 11.3 Å². The fourth-order valence-electron chi connectivity index (χ4n) is 4.85. The molecule has 18 heavy (non-hydrogen) atoms. The normalized spacial score (nSPS) is 42.1. The molecule has 2 bridgehead atoms. The number of fused-ring (bicyclic) bond motifs is 5. The molecule has 3 aliphatic carbocycles. The number of thiazole rings is 1. The third-order valence-electron chi connectivity index (χ3n) is 5.70. The van der Waals surface area contributed by atoms with Gasteiger partial charge in [0, 0.05) is 11.3 Å². The minimum Gasteiger partial charge on any atom is -0.392 e. The van der Waals surface area contributed by atoms with Crippen LogP contribution in [0.2, 0.25) is 0 Å². The second kappa shape index (κ2) is 3.80. The van der Waals surface area contributed by atoms with Crippen molar-refractivity contribution in [3.8, 4) is 0 Å². The number of rotatable bonds is 3. The molecule has 0 spiro atoms. The third kappa shape index (κ3) is 1.53. The first-order valence-electron chi connectivity index (χ1n) is 7.26. The number of hydrogen-bond donors (Lipinski definition) is 1. The van der Waals surface area contributed by atoms with E-state index < -0.39 is 0 Å². The molecule has 0 amide bonds. The molecular weight excluding hydrogens is 242 g/mol. The van der Waals surface area contributed by atoms with Gasteiger partial charge in [-0.05, 0) is 62.7 Å². The molecule has 3 fully saturated rings. The van der Waals surface area contributed by atoms with Crippen LogP contribution < -0.4 is 0 Å². The molecule has 0 aromatic carbocycles. The molecule has 1 aromatic heterocycles. The summed E-state index contributed by atoms with van der Waals surface area (Å²) >= 11 is 1.76. The van der Waals surface area contributed by atoms with Gasteiger partial charge < -0.3 is 5.11 Å². The number of aliphatic hydroxyl groups is 1. The van der Waals surface area contributed by atoms with Crippen LogP contribution in [0.15, 0.2) is 0 Å². The highest BCUT2D eigenvalue weighted by molar-refractivity contribution is 7.11. The summed E-state index contributed by atoms with van der Waals surface area (Å²) in [5.41, 5.74) is 1.14. The SMILES string of the molecule is Cc1nc(CC(O)C2C3C4CCC(C4)C23)sc1C. The van der Waals surface area contributed by atoms with Crippen LogP contribution in [0, 0.1) is 43.4 Å². The first-order valence-corrected chi connectivity index (χ1v) is 8.07. The number of aromatic nitrogens is 1. The summed E-state index contributed by atoms with van der Waals surface area (Å²) in [4.78, 5) is 5.87. The Bertz CT molecular complexity index is 447.